The van der Waals surface area contributed by atoms with Gasteiger partial charge in [-0.2, -0.15) is 5.26 Å². The van der Waals surface area contributed by atoms with E-state index in [-0.39, 0.29) is 12.0 Å². The zero-order chi connectivity index (χ0) is 19.9. The minimum atomic E-state index is -0.543. The van der Waals surface area contributed by atoms with Crippen molar-refractivity contribution in [1.82, 2.24) is 9.97 Å². The van der Waals surface area contributed by atoms with Crippen LogP contribution in [0.3, 0.4) is 0 Å². The Balaban J connectivity index is 1.90. The fourth-order valence-corrected chi connectivity index (χ4v) is 3.27. The van der Waals surface area contributed by atoms with Crippen LogP contribution in [-0.4, -0.2) is 16.6 Å². The molecule has 0 aliphatic heterocycles. The molecule has 2 aromatic carbocycles. The van der Waals surface area contributed by atoms with E-state index in [4.69, 9.17) is 0 Å². The second-order valence-corrected chi connectivity index (χ2v) is 6.66. The molecule has 142 valence electrons. The van der Waals surface area contributed by atoms with Crippen LogP contribution in [-0.2, 0) is 19.3 Å². The number of aromatic nitrogens is 2. The Morgan fingerprint density at radius 3 is 2.54 bits per heavy atom. The van der Waals surface area contributed by atoms with Crippen molar-refractivity contribution >= 4 is 0 Å². The quantitative estimate of drug-likeness (QED) is 0.667. The predicted octanol–water partition coefficient (Wildman–Crippen LogP) is 4.36. The predicted molar refractivity (Wildman–Crippen MR) is 108 cm³/mol. The van der Waals surface area contributed by atoms with Crippen LogP contribution >= 0.6 is 0 Å². The number of nitriles is 1. The minimum Gasteiger partial charge on any atom is -0.310 e. The summed E-state index contributed by atoms with van der Waals surface area (Å²) in [6.07, 6.45) is 2.07. The van der Waals surface area contributed by atoms with Crippen LogP contribution in [0, 0.1) is 11.3 Å². The number of aromatic amines is 1. The van der Waals surface area contributed by atoms with Crippen molar-refractivity contribution < 1.29 is 4.39 Å². The summed E-state index contributed by atoms with van der Waals surface area (Å²) in [6, 6.07) is 17.4. The summed E-state index contributed by atoms with van der Waals surface area (Å²) in [5.41, 5.74) is 4.23. The molecule has 4 nitrogen and oxygen atoms in total. The van der Waals surface area contributed by atoms with Gasteiger partial charge in [-0.1, -0.05) is 49.4 Å². The number of alkyl halides is 1. The lowest BCUT2D eigenvalue weighted by molar-refractivity contribution is 0.489. The SMILES string of the molecule is CCCc1nc(CCF)c(Cc2ccc(-c3ccccc3C#N)cc2)c(=O)[nH]1. The van der Waals surface area contributed by atoms with Gasteiger partial charge in [-0.15, -0.1) is 0 Å². The Bertz CT molecular complexity index is 1050. The van der Waals surface area contributed by atoms with Crippen molar-refractivity contribution in [3.63, 3.8) is 0 Å². The van der Waals surface area contributed by atoms with Crippen LogP contribution in [0.15, 0.2) is 53.3 Å². The molecule has 1 aromatic heterocycles. The zero-order valence-electron chi connectivity index (χ0n) is 15.8. The van der Waals surface area contributed by atoms with Crippen LogP contribution in [0.1, 0.15) is 41.6 Å². The first kappa shape index (κ1) is 19.5. The lowest BCUT2D eigenvalue weighted by atomic mass is 9.97. The molecule has 0 aliphatic rings. The number of nitrogens with one attached hydrogen (secondary N) is 1. The Kier molecular flexibility index (Phi) is 6.33. The van der Waals surface area contributed by atoms with Gasteiger partial charge in [-0.3, -0.25) is 9.18 Å². The average molecular weight is 375 g/mol. The first-order chi connectivity index (χ1) is 13.7. The molecule has 1 heterocycles. The second kappa shape index (κ2) is 9.09. The highest BCUT2D eigenvalue weighted by molar-refractivity contribution is 5.70. The zero-order valence-corrected chi connectivity index (χ0v) is 15.8. The third-order valence-electron chi connectivity index (χ3n) is 4.66. The summed E-state index contributed by atoms with van der Waals surface area (Å²) in [6.45, 7) is 1.47. The largest absolute Gasteiger partial charge is 0.310 e. The lowest BCUT2D eigenvalue weighted by Crippen LogP contribution is -2.21. The lowest BCUT2D eigenvalue weighted by Gasteiger charge is -2.10. The van der Waals surface area contributed by atoms with Crippen LogP contribution in [0.25, 0.3) is 11.1 Å². The maximum atomic E-state index is 13.0. The molecule has 28 heavy (non-hydrogen) atoms. The van der Waals surface area contributed by atoms with Crippen molar-refractivity contribution in [3.8, 4) is 17.2 Å². The first-order valence-electron chi connectivity index (χ1n) is 9.41. The molecule has 3 rings (SSSR count). The van der Waals surface area contributed by atoms with Gasteiger partial charge >= 0.3 is 0 Å². The number of H-pyrrole nitrogens is 1. The highest BCUT2D eigenvalue weighted by Crippen LogP contribution is 2.24. The summed E-state index contributed by atoms with van der Waals surface area (Å²) >= 11 is 0. The van der Waals surface area contributed by atoms with Gasteiger partial charge in [-0.25, -0.2) is 4.98 Å². The van der Waals surface area contributed by atoms with Crippen molar-refractivity contribution in [1.29, 1.82) is 5.26 Å². The second-order valence-electron chi connectivity index (χ2n) is 6.66. The maximum Gasteiger partial charge on any atom is 0.254 e. The van der Waals surface area contributed by atoms with Crippen molar-refractivity contribution in [3.05, 3.63) is 87.1 Å². The summed E-state index contributed by atoms with van der Waals surface area (Å²) < 4.78 is 13.0. The summed E-state index contributed by atoms with van der Waals surface area (Å²) in [5, 5.41) is 9.28. The Morgan fingerprint density at radius 2 is 1.86 bits per heavy atom. The fraction of sp³-hybridized carbons (Fsp3) is 0.261. The smallest absolute Gasteiger partial charge is 0.254 e. The molecule has 0 saturated carbocycles. The number of nitrogens with zero attached hydrogens (tertiary/aromatic N) is 2. The van der Waals surface area contributed by atoms with Gasteiger partial charge in [-0.05, 0) is 29.2 Å². The third kappa shape index (κ3) is 4.34. The van der Waals surface area contributed by atoms with E-state index in [2.05, 4.69) is 16.0 Å². The van der Waals surface area contributed by atoms with Gasteiger partial charge in [0.05, 0.1) is 24.0 Å². The van der Waals surface area contributed by atoms with Crippen LogP contribution in [0.2, 0.25) is 0 Å². The molecule has 5 heteroatoms. The average Bonchev–Trinajstić information content (AvgIpc) is 2.71. The topological polar surface area (TPSA) is 69.5 Å². The molecule has 0 saturated heterocycles. The van der Waals surface area contributed by atoms with Crippen LogP contribution < -0.4 is 5.56 Å². The third-order valence-corrected chi connectivity index (χ3v) is 4.66. The van der Waals surface area contributed by atoms with Crippen molar-refractivity contribution in [2.24, 2.45) is 0 Å². The van der Waals surface area contributed by atoms with Gasteiger partial charge in [0.25, 0.3) is 5.56 Å². The van der Waals surface area contributed by atoms with Crippen LogP contribution in [0.4, 0.5) is 4.39 Å². The van der Waals surface area contributed by atoms with E-state index in [1.165, 1.54) is 0 Å². The molecule has 0 spiro atoms. The highest BCUT2D eigenvalue weighted by Gasteiger charge is 2.13. The van der Waals surface area contributed by atoms with E-state index in [1.807, 2.05) is 49.4 Å². The molecule has 0 amide bonds. The van der Waals surface area contributed by atoms with E-state index < -0.39 is 6.67 Å². The normalized spacial score (nSPS) is 10.6. The van der Waals surface area contributed by atoms with Gasteiger partial charge in [0.15, 0.2) is 0 Å². The summed E-state index contributed by atoms with van der Waals surface area (Å²) in [4.78, 5) is 19.8. The van der Waals surface area contributed by atoms with Gasteiger partial charge in [0, 0.05) is 24.8 Å². The number of halogens is 1. The van der Waals surface area contributed by atoms with E-state index in [1.54, 1.807) is 6.07 Å². The van der Waals surface area contributed by atoms with Crippen molar-refractivity contribution in [2.45, 2.75) is 32.6 Å². The van der Waals surface area contributed by atoms with Gasteiger partial charge < -0.3 is 4.98 Å². The van der Waals surface area contributed by atoms with E-state index >= 15 is 0 Å². The van der Waals surface area contributed by atoms with E-state index in [0.29, 0.717) is 35.5 Å². The number of benzene rings is 2. The monoisotopic (exact) mass is 375 g/mol. The molecule has 0 aliphatic carbocycles. The standard InChI is InChI=1S/C23H22FN3O/c1-2-5-22-26-21(12-13-24)20(23(28)27-22)14-16-8-10-17(11-9-16)19-7-4-3-6-18(19)15-25/h3-4,6-11H,2,5,12-14H2,1H3,(H,26,27,28). The Labute approximate surface area is 163 Å². The molecular weight excluding hydrogens is 353 g/mol. The molecular formula is C23H22FN3O. The van der Waals surface area contributed by atoms with E-state index in [9.17, 15) is 14.4 Å². The number of aryl methyl sites for hydroxylation is 2. The van der Waals surface area contributed by atoms with Gasteiger partial charge in [0.1, 0.15) is 5.82 Å². The molecule has 3 aromatic rings. The molecule has 0 fully saturated rings. The van der Waals surface area contributed by atoms with Gasteiger partial charge in [0.2, 0.25) is 0 Å². The van der Waals surface area contributed by atoms with Crippen LogP contribution in [0.5, 0.6) is 0 Å². The molecule has 0 bridgehead atoms. The maximum absolute atomic E-state index is 13.0. The molecule has 0 unspecified atom stereocenters. The molecule has 0 radical (unpaired) electrons. The molecule has 1 N–H and O–H groups in total. The summed E-state index contributed by atoms with van der Waals surface area (Å²) in [5.74, 6) is 0.614. The summed E-state index contributed by atoms with van der Waals surface area (Å²) in [7, 11) is 0. The molecule has 0 atom stereocenters. The fourth-order valence-electron chi connectivity index (χ4n) is 3.27. The highest BCUT2D eigenvalue weighted by atomic mass is 19.1. The Morgan fingerprint density at radius 1 is 1.11 bits per heavy atom. The van der Waals surface area contributed by atoms with Crippen molar-refractivity contribution in [2.75, 3.05) is 6.67 Å². The van der Waals surface area contributed by atoms with E-state index in [0.717, 1.165) is 23.1 Å². The Hall–Kier alpha value is -3.26. The first-order valence-corrected chi connectivity index (χ1v) is 9.41. The number of rotatable bonds is 7. The minimum absolute atomic E-state index is 0.142. The number of hydrogen-bond donors (Lipinski definition) is 1. The number of hydrogen-bond acceptors (Lipinski definition) is 3.